The van der Waals surface area contributed by atoms with Crippen molar-refractivity contribution in [2.75, 3.05) is 6.61 Å². The molecule has 1 fully saturated rings. The van der Waals surface area contributed by atoms with Gasteiger partial charge in [-0.15, -0.1) is 0 Å². The van der Waals surface area contributed by atoms with Crippen LogP contribution in [0.3, 0.4) is 0 Å². The second kappa shape index (κ2) is 5.90. The van der Waals surface area contributed by atoms with Gasteiger partial charge in [0.2, 0.25) is 0 Å². The number of nitrogens with one attached hydrogen (secondary N) is 1. The van der Waals surface area contributed by atoms with Crippen LogP contribution in [-0.4, -0.2) is 30.8 Å². The number of nitrogens with zero attached hydrogens (tertiary/aromatic N) is 3. The van der Waals surface area contributed by atoms with Crippen LogP contribution < -0.4 is 11.2 Å². The highest BCUT2D eigenvalue weighted by atomic mass is 16.3. The van der Waals surface area contributed by atoms with E-state index in [1.165, 1.54) is 12.6 Å². The molecule has 0 aliphatic heterocycles. The van der Waals surface area contributed by atoms with Crippen LogP contribution in [0.1, 0.15) is 38.1 Å². The highest BCUT2D eigenvalue weighted by Gasteiger charge is 2.23. The van der Waals surface area contributed by atoms with Gasteiger partial charge in [0.25, 0.3) is 5.56 Å². The molecular formula is C17H20N4O3. The molecule has 24 heavy (non-hydrogen) atoms. The van der Waals surface area contributed by atoms with Gasteiger partial charge in [-0.3, -0.25) is 13.9 Å². The summed E-state index contributed by atoms with van der Waals surface area (Å²) in [5.41, 5.74) is 0.622. The fourth-order valence-electron chi connectivity index (χ4n) is 3.84. The minimum Gasteiger partial charge on any atom is -0.395 e. The fourth-order valence-corrected chi connectivity index (χ4v) is 3.84. The lowest BCUT2D eigenvalue weighted by molar-refractivity contribution is 0.267. The van der Waals surface area contributed by atoms with Crippen molar-refractivity contribution in [3.05, 3.63) is 39.3 Å². The zero-order valence-corrected chi connectivity index (χ0v) is 13.4. The Kier molecular flexibility index (Phi) is 3.72. The van der Waals surface area contributed by atoms with E-state index in [1.54, 1.807) is 10.8 Å². The summed E-state index contributed by atoms with van der Waals surface area (Å²) in [6, 6.07) is 1.94. The van der Waals surface area contributed by atoms with Crippen molar-refractivity contribution in [1.82, 2.24) is 19.1 Å². The Morgan fingerprint density at radius 1 is 1.21 bits per heavy atom. The van der Waals surface area contributed by atoms with Crippen LogP contribution in [0, 0.1) is 0 Å². The van der Waals surface area contributed by atoms with Gasteiger partial charge in [0.05, 0.1) is 24.1 Å². The zero-order chi connectivity index (χ0) is 16.7. The van der Waals surface area contributed by atoms with Crippen LogP contribution in [0.25, 0.3) is 21.9 Å². The molecule has 2 N–H and O–H groups in total. The molecule has 3 heterocycles. The predicted molar refractivity (Wildman–Crippen MR) is 91.3 cm³/mol. The van der Waals surface area contributed by atoms with Crippen molar-refractivity contribution < 1.29 is 5.11 Å². The molecule has 0 radical (unpaired) electrons. The number of fused-ring (bicyclic) bond motifs is 3. The smallest absolute Gasteiger partial charge is 0.331 e. The number of hydrogen-bond donors (Lipinski definition) is 2. The van der Waals surface area contributed by atoms with E-state index in [4.69, 9.17) is 0 Å². The summed E-state index contributed by atoms with van der Waals surface area (Å²) in [6.07, 6.45) is 8.51. The second-order valence-electron chi connectivity index (χ2n) is 6.39. The largest absolute Gasteiger partial charge is 0.395 e. The maximum atomic E-state index is 13.0. The summed E-state index contributed by atoms with van der Waals surface area (Å²) in [5.74, 6) is 0. The van der Waals surface area contributed by atoms with Crippen molar-refractivity contribution >= 4 is 21.9 Å². The number of rotatable bonds is 3. The summed E-state index contributed by atoms with van der Waals surface area (Å²) in [4.78, 5) is 33.1. The topological polar surface area (TPSA) is 92.9 Å². The standard InChI is InChI=1S/C17H20N4O3/c22-9-8-20-16(23)13-10-19-15-12(6-7-18-15)14(13)21(17(20)24)11-4-2-1-3-5-11/h6-7,10-11,22H,1-5,8-9H2,(H,18,19). The fraction of sp³-hybridized carbons (Fsp3) is 0.471. The van der Waals surface area contributed by atoms with Crippen LogP contribution >= 0.6 is 0 Å². The van der Waals surface area contributed by atoms with Crippen LogP contribution in [0.4, 0.5) is 0 Å². The van der Waals surface area contributed by atoms with Crippen molar-refractivity contribution in [2.24, 2.45) is 0 Å². The van der Waals surface area contributed by atoms with E-state index < -0.39 is 0 Å². The minimum atomic E-state index is -0.383. The van der Waals surface area contributed by atoms with E-state index in [-0.39, 0.29) is 30.4 Å². The van der Waals surface area contributed by atoms with Crippen LogP contribution in [0.2, 0.25) is 0 Å². The summed E-state index contributed by atoms with van der Waals surface area (Å²) in [7, 11) is 0. The molecule has 126 valence electrons. The molecule has 0 unspecified atom stereocenters. The Labute approximate surface area is 137 Å². The molecule has 4 rings (SSSR count). The van der Waals surface area contributed by atoms with Crippen LogP contribution in [0.5, 0.6) is 0 Å². The molecular weight excluding hydrogens is 308 g/mol. The van der Waals surface area contributed by atoms with Gasteiger partial charge in [-0.05, 0) is 18.9 Å². The molecule has 1 aliphatic rings. The number of H-pyrrole nitrogens is 1. The van der Waals surface area contributed by atoms with Crippen molar-refractivity contribution in [2.45, 2.75) is 44.7 Å². The van der Waals surface area contributed by atoms with E-state index in [0.29, 0.717) is 16.6 Å². The quantitative estimate of drug-likeness (QED) is 0.762. The Balaban J connectivity index is 2.14. The Morgan fingerprint density at radius 3 is 2.75 bits per heavy atom. The molecule has 0 amide bonds. The number of aromatic amines is 1. The molecule has 3 aromatic rings. The minimum absolute atomic E-state index is 0.00546. The maximum Gasteiger partial charge on any atom is 0.331 e. The van der Waals surface area contributed by atoms with Gasteiger partial charge in [0.15, 0.2) is 0 Å². The first-order valence-corrected chi connectivity index (χ1v) is 8.44. The number of hydrogen-bond acceptors (Lipinski definition) is 4. The number of aliphatic hydroxyl groups is 1. The monoisotopic (exact) mass is 328 g/mol. The lowest BCUT2D eigenvalue weighted by atomic mass is 9.95. The average Bonchev–Trinajstić information content (AvgIpc) is 3.08. The second-order valence-corrected chi connectivity index (χ2v) is 6.39. The lowest BCUT2D eigenvalue weighted by Crippen LogP contribution is -2.42. The number of aromatic nitrogens is 4. The zero-order valence-electron chi connectivity index (χ0n) is 13.4. The summed E-state index contributed by atoms with van der Waals surface area (Å²) >= 11 is 0. The average molecular weight is 328 g/mol. The summed E-state index contributed by atoms with van der Waals surface area (Å²) in [6.45, 7) is -0.239. The number of pyridine rings is 1. The molecule has 1 saturated carbocycles. The Bertz CT molecular complexity index is 1010. The third-order valence-corrected chi connectivity index (χ3v) is 4.98. The van der Waals surface area contributed by atoms with Crippen molar-refractivity contribution in [3.8, 4) is 0 Å². The van der Waals surface area contributed by atoms with Gasteiger partial charge in [-0.1, -0.05) is 19.3 Å². The highest BCUT2D eigenvalue weighted by Crippen LogP contribution is 2.30. The molecule has 7 heteroatoms. The molecule has 0 aromatic carbocycles. The summed E-state index contributed by atoms with van der Waals surface area (Å²) in [5, 5.41) is 10.5. The van der Waals surface area contributed by atoms with Gasteiger partial charge >= 0.3 is 5.69 Å². The van der Waals surface area contributed by atoms with Gasteiger partial charge < -0.3 is 10.1 Å². The molecule has 0 spiro atoms. The maximum absolute atomic E-state index is 13.0. The first kappa shape index (κ1) is 15.1. The lowest BCUT2D eigenvalue weighted by Gasteiger charge is -2.26. The third kappa shape index (κ3) is 2.19. The van der Waals surface area contributed by atoms with Gasteiger partial charge in [0, 0.05) is 23.8 Å². The van der Waals surface area contributed by atoms with Gasteiger partial charge in [-0.25, -0.2) is 9.78 Å². The van der Waals surface area contributed by atoms with Gasteiger partial charge in [0.1, 0.15) is 5.65 Å². The first-order valence-electron chi connectivity index (χ1n) is 8.44. The number of aliphatic hydroxyl groups excluding tert-OH is 1. The summed E-state index contributed by atoms with van der Waals surface area (Å²) < 4.78 is 2.90. The van der Waals surface area contributed by atoms with Crippen LogP contribution in [-0.2, 0) is 6.54 Å². The normalized spacial score (nSPS) is 16.2. The van der Waals surface area contributed by atoms with Gasteiger partial charge in [-0.2, -0.15) is 0 Å². The molecule has 1 aliphatic carbocycles. The highest BCUT2D eigenvalue weighted by molar-refractivity contribution is 6.01. The van der Waals surface area contributed by atoms with E-state index >= 15 is 0 Å². The predicted octanol–water partition coefficient (Wildman–Crippen LogP) is 1.54. The van der Waals surface area contributed by atoms with E-state index in [2.05, 4.69) is 9.97 Å². The molecule has 0 saturated heterocycles. The van der Waals surface area contributed by atoms with Crippen molar-refractivity contribution in [1.29, 1.82) is 0 Å². The van der Waals surface area contributed by atoms with Crippen LogP contribution in [0.15, 0.2) is 28.0 Å². The Hall–Kier alpha value is -2.41. The molecule has 7 nitrogen and oxygen atoms in total. The van der Waals surface area contributed by atoms with E-state index in [1.807, 2.05) is 6.07 Å². The molecule has 3 aromatic heterocycles. The Morgan fingerprint density at radius 2 is 2.00 bits per heavy atom. The first-order chi connectivity index (χ1) is 11.7. The third-order valence-electron chi connectivity index (χ3n) is 4.98. The molecule has 0 atom stereocenters. The SMILES string of the molecule is O=c1c2cnc3[nH]ccc3c2n(C2CCCCC2)c(=O)n1CCO. The van der Waals surface area contributed by atoms with E-state index in [9.17, 15) is 14.7 Å². The van der Waals surface area contributed by atoms with E-state index in [0.717, 1.165) is 35.6 Å². The molecule has 0 bridgehead atoms. The van der Waals surface area contributed by atoms with Crippen molar-refractivity contribution in [3.63, 3.8) is 0 Å².